The molecule has 7 heteroatoms. The summed E-state index contributed by atoms with van der Waals surface area (Å²) in [7, 11) is 1.15. The second-order valence-corrected chi connectivity index (χ2v) is 3.31. The molecule has 0 unspecified atom stereocenters. The summed E-state index contributed by atoms with van der Waals surface area (Å²) in [6.07, 6.45) is 6.92. The van der Waals surface area contributed by atoms with Crippen LogP contribution >= 0.6 is 0 Å². The van der Waals surface area contributed by atoms with Crippen molar-refractivity contribution in [3.63, 3.8) is 0 Å². The van der Waals surface area contributed by atoms with E-state index in [0.717, 1.165) is 20.0 Å². The summed E-state index contributed by atoms with van der Waals surface area (Å²) in [6, 6.07) is 1.71. The first-order valence-electron chi connectivity index (χ1n) is 5.32. The van der Waals surface area contributed by atoms with E-state index < -0.39 is 0 Å². The predicted molar refractivity (Wildman–Crippen MR) is 62.8 cm³/mol. The van der Waals surface area contributed by atoms with Crippen molar-refractivity contribution >= 4 is 18.7 Å². The summed E-state index contributed by atoms with van der Waals surface area (Å²) in [5, 5.41) is 14.9. The zero-order valence-electron chi connectivity index (χ0n) is 9.59. The van der Waals surface area contributed by atoms with Crippen LogP contribution < -0.4 is 5.32 Å². The van der Waals surface area contributed by atoms with E-state index in [2.05, 4.69) is 15.1 Å². The molecule has 1 aromatic rings. The number of aromatic nitrogens is 2. The van der Waals surface area contributed by atoms with Gasteiger partial charge in [0.15, 0.2) is 0 Å². The Kier molecular flexibility index (Phi) is 5.51. The van der Waals surface area contributed by atoms with Gasteiger partial charge in [-0.3, -0.25) is 0 Å². The van der Waals surface area contributed by atoms with Crippen LogP contribution in [0.4, 0.5) is 0 Å². The van der Waals surface area contributed by atoms with E-state index in [1.165, 1.54) is 10.9 Å². The van der Waals surface area contributed by atoms with Gasteiger partial charge >= 0.3 is 99.5 Å². The molecule has 0 spiro atoms. The molecule has 0 atom stereocenters. The van der Waals surface area contributed by atoms with Gasteiger partial charge in [-0.05, 0) is 0 Å². The molecule has 0 saturated carbocycles. The quantitative estimate of drug-likeness (QED) is 0.562. The van der Waals surface area contributed by atoms with Gasteiger partial charge in [0, 0.05) is 0 Å². The number of unbranched alkanes of at least 4 members (excludes halogenated alkanes) is 1. The molecular formula is C10H13BN4O2. The number of hydrogen-bond acceptors (Lipinski definition) is 4. The molecular weight excluding hydrogens is 219 g/mol. The van der Waals surface area contributed by atoms with Gasteiger partial charge in [-0.25, -0.2) is 0 Å². The summed E-state index contributed by atoms with van der Waals surface area (Å²) in [5.74, 6) is -0.130. The zero-order valence-corrected chi connectivity index (χ0v) is 9.59. The van der Waals surface area contributed by atoms with Crippen molar-refractivity contribution in [1.82, 2.24) is 15.1 Å². The van der Waals surface area contributed by atoms with Crippen LogP contribution in [0.15, 0.2) is 18.5 Å². The second kappa shape index (κ2) is 7.22. The Bertz CT molecular complexity index is 422. The Morgan fingerprint density at radius 3 is 3.12 bits per heavy atom. The summed E-state index contributed by atoms with van der Waals surface area (Å²) in [5.41, 5.74) is 0.317. The van der Waals surface area contributed by atoms with Gasteiger partial charge in [-0.2, -0.15) is 0 Å². The molecule has 1 aromatic heterocycles. The second-order valence-electron chi connectivity index (χ2n) is 3.31. The van der Waals surface area contributed by atoms with E-state index >= 15 is 0 Å². The number of nitriles is 1. The van der Waals surface area contributed by atoms with Crippen molar-refractivity contribution in [2.75, 3.05) is 0 Å². The standard InChI is InChI=1S/C10H13BN4O2/c1-2-3-5-9(16)14-10(11-17-8-12)15-7-4-6-13-15/h4,6-7H,2-3,5H2,1H3,(H,14,16). The van der Waals surface area contributed by atoms with Crippen molar-refractivity contribution in [3.05, 3.63) is 18.5 Å². The van der Waals surface area contributed by atoms with E-state index in [1.807, 2.05) is 6.92 Å². The fourth-order valence-corrected chi connectivity index (χ4v) is 1.18. The van der Waals surface area contributed by atoms with E-state index in [4.69, 9.17) is 5.26 Å². The van der Waals surface area contributed by atoms with Crippen molar-refractivity contribution in [3.8, 4) is 6.26 Å². The summed E-state index contributed by atoms with van der Waals surface area (Å²) in [4.78, 5) is 11.5. The Labute approximate surface area is 100 Å². The maximum absolute atomic E-state index is 11.5. The Morgan fingerprint density at radius 1 is 1.71 bits per heavy atom. The molecule has 17 heavy (non-hydrogen) atoms. The molecule has 0 radical (unpaired) electrons. The van der Waals surface area contributed by atoms with Crippen molar-refractivity contribution in [2.24, 2.45) is 0 Å². The third kappa shape index (κ3) is 4.51. The van der Waals surface area contributed by atoms with Gasteiger partial charge in [0.25, 0.3) is 0 Å². The number of nitrogens with zero attached hydrogens (tertiary/aromatic N) is 3. The predicted octanol–water partition coefficient (Wildman–Crippen LogP) is 0.242. The maximum atomic E-state index is 11.5. The summed E-state index contributed by atoms with van der Waals surface area (Å²) >= 11 is 0. The van der Waals surface area contributed by atoms with Gasteiger partial charge in [-0.15, -0.1) is 0 Å². The number of amides is 1. The number of carbonyl (C=O) groups excluding carboxylic acids is 1. The van der Waals surface area contributed by atoms with E-state index in [0.29, 0.717) is 12.1 Å². The van der Waals surface area contributed by atoms with Gasteiger partial charge in [0.05, 0.1) is 0 Å². The minimum absolute atomic E-state index is 0.130. The van der Waals surface area contributed by atoms with Crippen LogP contribution in [-0.2, 0) is 9.45 Å². The fourth-order valence-electron chi connectivity index (χ4n) is 1.18. The Morgan fingerprint density at radius 2 is 2.53 bits per heavy atom. The van der Waals surface area contributed by atoms with Crippen molar-refractivity contribution < 1.29 is 9.45 Å². The van der Waals surface area contributed by atoms with E-state index in [1.54, 1.807) is 18.5 Å². The number of hydrogen-bond donors (Lipinski definition) is 1. The molecule has 0 fully saturated rings. The Hall–Kier alpha value is -2.10. The molecule has 0 aliphatic heterocycles. The molecule has 88 valence electrons. The van der Waals surface area contributed by atoms with E-state index in [-0.39, 0.29) is 5.91 Å². The molecule has 0 aromatic carbocycles. The summed E-state index contributed by atoms with van der Waals surface area (Å²) in [6.45, 7) is 2.01. The topological polar surface area (TPSA) is 79.9 Å². The number of carbonyl (C=O) groups is 1. The van der Waals surface area contributed by atoms with Gasteiger partial charge < -0.3 is 0 Å². The van der Waals surface area contributed by atoms with Crippen LogP contribution in [0.25, 0.3) is 0 Å². The average Bonchev–Trinajstić information content (AvgIpc) is 2.85. The third-order valence-corrected chi connectivity index (χ3v) is 2.00. The van der Waals surface area contributed by atoms with Crippen LogP contribution in [0.5, 0.6) is 0 Å². The van der Waals surface area contributed by atoms with Crippen LogP contribution in [-0.4, -0.2) is 28.5 Å². The number of nitrogens with one attached hydrogen (secondary N) is 1. The molecule has 0 bridgehead atoms. The van der Waals surface area contributed by atoms with Crippen molar-refractivity contribution in [2.45, 2.75) is 26.2 Å². The third-order valence-electron chi connectivity index (χ3n) is 2.00. The van der Waals surface area contributed by atoms with Gasteiger partial charge in [-0.1, -0.05) is 0 Å². The monoisotopic (exact) mass is 232 g/mol. The molecule has 6 nitrogen and oxygen atoms in total. The average molecular weight is 232 g/mol. The molecule has 1 heterocycles. The minimum atomic E-state index is -0.130. The first kappa shape index (κ1) is 13.0. The molecule has 1 amide bonds. The zero-order chi connectivity index (χ0) is 12.5. The van der Waals surface area contributed by atoms with Crippen molar-refractivity contribution in [1.29, 1.82) is 5.26 Å². The fraction of sp³-hybridized carbons (Fsp3) is 0.400. The normalized spacial score (nSPS) is 10.2. The van der Waals surface area contributed by atoms with Gasteiger partial charge in [0.2, 0.25) is 0 Å². The van der Waals surface area contributed by atoms with E-state index in [9.17, 15) is 4.79 Å². The Balaban J connectivity index is 2.66. The molecule has 1 rings (SSSR count). The van der Waals surface area contributed by atoms with Crippen LogP contribution in [0.2, 0.25) is 0 Å². The first-order valence-corrected chi connectivity index (χ1v) is 5.32. The molecule has 0 aliphatic carbocycles. The van der Waals surface area contributed by atoms with Crippen LogP contribution in [0.1, 0.15) is 26.2 Å². The first-order chi connectivity index (χ1) is 8.27. The molecule has 1 N–H and O–H groups in total. The van der Waals surface area contributed by atoms with Crippen LogP contribution in [0, 0.1) is 11.5 Å². The summed E-state index contributed by atoms with van der Waals surface area (Å²) < 4.78 is 5.91. The molecule has 0 saturated heterocycles. The SMILES string of the molecule is CCCCC(=O)NC(=BOC#N)n1cccn1. The molecule has 0 aliphatic rings. The number of rotatable bonds is 6. The van der Waals surface area contributed by atoms with Gasteiger partial charge in [0.1, 0.15) is 0 Å². The van der Waals surface area contributed by atoms with Crippen LogP contribution in [0.3, 0.4) is 0 Å².